The molecule has 0 aromatic heterocycles. The van der Waals surface area contributed by atoms with E-state index in [1.807, 2.05) is 5.32 Å². The highest BCUT2D eigenvalue weighted by Crippen LogP contribution is 2.28. The van der Waals surface area contributed by atoms with Crippen molar-refractivity contribution >= 4 is 33.2 Å². The molecule has 0 aliphatic heterocycles. The van der Waals surface area contributed by atoms with E-state index in [0.717, 1.165) is 0 Å². The minimum atomic E-state index is -4.49. The monoisotopic (exact) mass is 496 g/mol. The van der Waals surface area contributed by atoms with Gasteiger partial charge in [-0.25, -0.2) is 8.42 Å². The number of halogens is 4. The summed E-state index contributed by atoms with van der Waals surface area (Å²) < 4.78 is 65.2. The van der Waals surface area contributed by atoms with Crippen molar-refractivity contribution in [2.75, 3.05) is 11.3 Å². The first-order valence-corrected chi connectivity index (χ1v) is 11.6. The third-order valence-electron chi connectivity index (χ3n) is 4.79. The number of benzene rings is 3. The average molecular weight is 497 g/mol. The molecule has 0 bridgehead atoms. The maximum atomic E-state index is 12.9. The van der Waals surface area contributed by atoms with Crippen LogP contribution >= 0.6 is 11.6 Å². The molecule has 0 aliphatic rings. The number of alkyl halides is 3. The summed E-state index contributed by atoms with van der Waals surface area (Å²) in [6.45, 7) is 1.96. The normalized spacial score (nSPS) is 11.8. The first-order valence-electron chi connectivity index (χ1n) is 9.71. The van der Waals surface area contributed by atoms with Gasteiger partial charge < -0.3 is 5.32 Å². The van der Waals surface area contributed by atoms with Gasteiger partial charge in [-0.2, -0.15) is 13.2 Å². The zero-order chi connectivity index (χ0) is 24.4. The van der Waals surface area contributed by atoms with Gasteiger partial charge in [-0.1, -0.05) is 35.9 Å². The number of anilines is 1. The molecule has 3 aromatic rings. The number of hydrogen-bond donors (Lipinski definition) is 2. The number of rotatable bonds is 6. The van der Waals surface area contributed by atoms with E-state index in [4.69, 9.17) is 11.6 Å². The number of amides is 1. The summed E-state index contributed by atoms with van der Waals surface area (Å²) in [5.74, 6) is -0.839. The number of aryl methyl sites for hydroxylation is 2. The molecule has 0 radical (unpaired) electrons. The van der Waals surface area contributed by atoms with Crippen molar-refractivity contribution in [3.8, 4) is 11.1 Å². The van der Waals surface area contributed by atoms with Crippen LogP contribution in [0.1, 0.15) is 21.5 Å². The van der Waals surface area contributed by atoms with Crippen molar-refractivity contribution in [1.82, 2.24) is 5.32 Å². The predicted octanol–water partition coefficient (Wildman–Crippen LogP) is 5.72. The van der Waals surface area contributed by atoms with Crippen LogP contribution in [0.3, 0.4) is 0 Å². The summed E-state index contributed by atoms with van der Waals surface area (Å²) in [5.41, 5.74) is 2.85. The summed E-state index contributed by atoms with van der Waals surface area (Å²) in [6, 6.07) is 15.7. The first-order chi connectivity index (χ1) is 15.4. The molecule has 5 nitrogen and oxygen atoms in total. The molecule has 3 rings (SSSR count). The highest BCUT2D eigenvalue weighted by Gasteiger charge is 2.27. The number of nitrogens with one attached hydrogen (secondary N) is 2. The standard InChI is InChI=1S/C23H20ClF3N2O3S/c1-14-11-21(15(2)10-20(14)24)33(31,32)29-19-5-3-4-18(12-19)16-6-8-17(9-7-16)22(30)28-13-23(25,26)27/h3-12,29H,13H2,1-2H3,(H,28,30). The Morgan fingerprint density at radius 3 is 2.24 bits per heavy atom. The van der Waals surface area contributed by atoms with Crippen molar-refractivity contribution in [2.24, 2.45) is 0 Å². The third-order valence-corrected chi connectivity index (χ3v) is 6.72. The quantitative estimate of drug-likeness (QED) is 0.458. The van der Waals surface area contributed by atoms with E-state index in [1.54, 1.807) is 56.3 Å². The molecule has 0 fully saturated rings. The van der Waals surface area contributed by atoms with E-state index in [1.165, 1.54) is 18.2 Å². The fourth-order valence-electron chi connectivity index (χ4n) is 3.11. The van der Waals surface area contributed by atoms with Gasteiger partial charge in [-0.3, -0.25) is 9.52 Å². The lowest BCUT2D eigenvalue weighted by Crippen LogP contribution is -2.33. The molecule has 0 heterocycles. The molecular formula is C23H20ClF3N2O3S. The zero-order valence-electron chi connectivity index (χ0n) is 17.6. The van der Waals surface area contributed by atoms with Crippen LogP contribution in [0, 0.1) is 13.8 Å². The molecule has 33 heavy (non-hydrogen) atoms. The van der Waals surface area contributed by atoms with Gasteiger partial charge in [-0.05, 0) is 72.5 Å². The van der Waals surface area contributed by atoms with Gasteiger partial charge >= 0.3 is 6.18 Å². The lowest BCUT2D eigenvalue weighted by Gasteiger charge is -2.13. The van der Waals surface area contributed by atoms with Gasteiger partial charge in [0.2, 0.25) is 0 Å². The molecule has 0 aliphatic carbocycles. The van der Waals surface area contributed by atoms with Gasteiger partial charge in [0.1, 0.15) is 6.54 Å². The molecule has 0 atom stereocenters. The number of carbonyl (C=O) groups is 1. The van der Waals surface area contributed by atoms with Crippen molar-refractivity contribution in [1.29, 1.82) is 0 Å². The maximum absolute atomic E-state index is 12.9. The highest BCUT2D eigenvalue weighted by atomic mass is 35.5. The predicted molar refractivity (Wildman–Crippen MR) is 122 cm³/mol. The van der Waals surface area contributed by atoms with Crippen LogP contribution in [0.2, 0.25) is 5.02 Å². The Balaban J connectivity index is 1.80. The SMILES string of the molecule is Cc1cc(S(=O)(=O)Nc2cccc(-c3ccc(C(=O)NCC(F)(F)F)cc3)c2)c(C)cc1Cl. The smallest absolute Gasteiger partial charge is 0.343 e. The van der Waals surface area contributed by atoms with Crippen LogP contribution in [-0.4, -0.2) is 27.0 Å². The van der Waals surface area contributed by atoms with E-state index in [-0.39, 0.29) is 10.5 Å². The first kappa shape index (κ1) is 24.6. The van der Waals surface area contributed by atoms with E-state index >= 15 is 0 Å². The Morgan fingerprint density at radius 2 is 1.61 bits per heavy atom. The maximum Gasteiger partial charge on any atom is 0.405 e. The number of carbonyl (C=O) groups excluding carboxylic acids is 1. The van der Waals surface area contributed by atoms with E-state index in [9.17, 15) is 26.4 Å². The van der Waals surface area contributed by atoms with Gasteiger partial charge in [0.15, 0.2) is 0 Å². The second-order valence-electron chi connectivity index (χ2n) is 7.43. The molecule has 2 N–H and O–H groups in total. The summed E-state index contributed by atoms with van der Waals surface area (Å²) >= 11 is 6.06. The van der Waals surface area contributed by atoms with Crippen LogP contribution in [0.15, 0.2) is 65.6 Å². The fraction of sp³-hybridized carbons (Fsp3) is 0.174. The molecule has 174 valence electrons. The lowest BCUT2D eigenvalue weighted by molar-refractivity contribution is -0.123. The Labute approximate surface area is 194 Å². The van der Waals surface area contributed by atoms with Gasteiger partial charge in [0, 0.05) is 16.3 Å². The van der Waals surface area contributed by atoms with Crippen LogP contribution in [0.4, 0.5) is 18.9 Å². The van der Waals surface area contributed by atoms with Crippen LogP contribution in [0.25, 0.3) is 11.1 Å². The minimum absolute atomic E-state index is 0.0773. The molecule has 1 amide bonds. The Hall–Kier alpha value is -3.04. The molecular weight excluding hydrogens is 477 g/mol. The van der Waals surface area contributed by atoms with Gasteiger partial charge in [-0.15, -0.1) is 0 Å². The topological polar surface area (TPSA) is 75.3 Å². The van der Waals surface area contributed by atoms with E-state index < -0.39 is 28.7 Å². The zero-order valence-corrected chi connectivity index (χ0v) is 19.2. The Bertz CT molecular complexity index is 1290. The lowest BCUT2D eigenvalue weighted by atomic mass is 10.0. The number of hydrogen-bond acceptors (Lipinski definition) is 3. The van der Waals surface area contributed by atoms with Crippen molar-refractivity contribution in [3.63, 3.8) is 0 Å². The minimum Gasteiger partial charge on any atom is -0.343 e. The third kappa shape index (κ3) is 6.27. The summed E-state index contributed by atoms with van der Waals surface area (Å²) in [6.07, 6.45) is -4.49. The molecule has 3 aromatic carbocycles. The average Bonchev–Trinajstić information content (AvgIpc) is 2.74. The van der Waals surface area contributed by atoms with E-state index in [0.29, 0.717) is 33.0 Å². The molecule has 0 saturated heterocycles. The second kappa shape index (κ2) is 9.44. The largest absolute Gasteiger partial charge is 0.405 e. The molecule has 10 heteroatoms. The van der Waals surface area contributed by atoms with Gasteiger partial charge in [0.25, 0.3) is 15.9 Å². The molecule has 0 saturated carbocycles. The summed E-state index contributed by atoms with van der Waals surface area (Å²) in [4.78, 5) is 12.0. The van der Waals surface area contributed by atoms with E-state index in [2.05, 4.69) is 4.72 Å². The summed E-state index contributed by atoms with van der Waals surface area (Å²) in [5, 5.41) is 2.29. The fourth-order valence-corrected chi connectivity index (χ4v) is 4.69. The Morgan fingerprint density at radius 1 is 0.939 bits per heavy atom. The Kier molecular flexibility index (Phi) is 7.04. The molecule has 0 spiro atoms. The highest BCUT2D eigenvalue weighted by molar-refractivity contribution is 7.92. The van der Waals surface area contributed by atoms with Crippen molar-refractivity contribution < 1.29 is 26.4 Å². The van der Waals surface area contributed by atoms with Crippen molar-refractivity contribution in [2.45, 2.75) is 24.9 Å². The van der Waals surface area contributed by atoms with Gasteiger partial charge in [0.05, 0.1) is 4.90 Å². The molecule has 0 unspecified atom stereocenters. The van der Waals surface area contributed by atoms with Crippen LogP contribution in [0.5, 0.6) is 0 Å². The van der Waals surface area contributed by atoms with Crippen LogP contribution < -0.4 is 10.0 Å². The van der Waals surface area contributed by atoms with Crippen LogP contribution in [-0.2, 0) is 10.0 Å². The summed E-state index contributed by atoms with van der Waals surface area (Å²) in [7, 11) is -3.87. The van der Waals surface area contributed by atoms with Crippen molar-refractivity contribution in [3.05, 3.63) is 82.4 Å². The second-order valence-corrected chi connectivity index (χ2v) is 9.49. The number of sulfonamides is 1.